The zero-order valence-corrected chi connectivity index (χ0v) is 25.3. The quantitative estimate of drug-likeness (QED) is 0.196. The van der Waals surface area contributed by atoms with Gasteiger partial charge in [0.2, 0.25) is 0 Å². The molecule has 0 bridgehead atoms. The Morgan fingerprint density at radius 1 is 0.426 bits per heavy atom. The Hall–Kier alpha value is -6.46. The molecule has 8 aromatic rings. The van der Waals surface area contributed by atoms with Crippen LogP contribution in [0.2, 0.25) is 0 Å². The van der Waals surface area contributed by atoms with E-state index in [9.17, 15) is 0 Å². The van der Waals surface area contributed by atoms with E-state index >= 15 is 0 Å². The van der Waals surface area contributed by atoms with Crippen molar-refractivity contribution in [2.24, 2.45) is 0 Å². The lowest BCUT2D eigenvalue weighted by atomic mass is 9.91. The van der Waals surface area contributed by atoms with Gasteiger partial charge in [0.1, 0.15) is 12.1 Å². The van der Waals surface area contributed by atoms with Crippen LogP contribution in [-0.2, 0) is 0 Å². The number of hydrogen-bond donors (Lipinski definition) is 0. The summed E-state index contributed by atoms with van der Waals surface area (Å²) in [5.74, 6) is 1.52. The van der Waals surface area contributed by atoms with Gasteiger partial charge in [-0.05, 0) is 53.1 Å². The lowest BCUT2D eigenvalue weighted by Gasteiger charge is -2.32. The van der Waals surface area contributed by atoms with Crippen molar-refractivity contribution in [1.82, 2.24) is 19.9 Å². The molecule has 0 unspecified atom stereocenters. The summed E-state index contributed by atoms with van der Waals surface area (Å²) < 4.78 is 0. The van der Waals surface area contributed by atoms with Crippen LogP contribution >= 0.6 is 0 Å². The molecular formula is C42H27N5. The molecule has 9 rings (SSSR count). The van der Waals surface area contributed by atoms with Crippen LogP contribution in [-0.4, -0.2) is 19.9 Å². The number of rotatable bonds is 5. The SMILES string of the molecule is c1ccc(-c2cc3c4c(ncnc4c2)N(c2cccc(-c4nc(-c5ccccc5)cc(-c5ccccc5)n4)c2)c2ccccc2-3)cc1. The topological polar surface area (TPSA) is 54.8 Å². The Morgan fingerprint density at radius 3 is 1.74 bits per heavy atom. The van der Waals surface area contributed by atoms with Crippen LogP contribution in [0.3, 0.4) is 0 Å². The van der Waals surface area contributed by atoms with Crippen LogP contribution in [0.4, 0.5) is 17.2 Å². The molecule has 3 heterocycles. The highest BCUT2D eigenvalue weighted by atomic mass is 15.2. The van der Waals surface area contributed by atoms with Gasteiger partial charge in [0.05, 0.1) is 28.0 Å². The van der Waals surface area contributed by atoms with Crippen molar-refractivity contribution in [2.75, 3.05) is 4.90 Å². The molecule has 0 N–H and O–H groups in total. The normalized spacial score (nSPS) is 11.8. The molecule has 0 fully saturated rings. The van der Waals surface area contributed by atoms with Crippen LogP contribution in [0.5, 0.6) is 0 Å². The highest BCUT2D eigenvalue weighted by Crippen LogP contribution is 2.50. The van der Waals surface area contributed by atoms with Crippen LogP contribution in [0.25, 0.3) is 67.1 Å². The average molecular weight is 602 g/mol. The number of aromatic nitrogens is 4. The molecule has 0 aliphatic carbocycles. The number of fused-ring (bicyclic) bond motifs is 2. The van der Waals surface area contributed by atoms with Crippen molar-refractivity contribution in [1.29, 1.82) is 0 Å². The minimum absolute atomic E-state index is 0.665. The average Bonchev–Trinajstić information content (AvgIpc) is 3.16. The van der Waals surface area contributed by atoms with Gasteiger partial charge in [0, 0.05) is 27.9 Å². The maximum Gasteiger partial charge on any atom is 0.160 e. The van der Waals surface area contributed by atoms with Crippen molar-refractivity contribution < 1.29 is 0 Å². The first-order valence-electron chi connectivity index (χ1n) is 15.6. The lowest BCUT2D eigenvalue weighted by Crippen LogP contribution is -2.17. The molecule has 0 atom stereocenters. The van der Waals surface area contributed by atoms with Crippen molar-refractivity contribution in [3.05, 3.63) is 164 Å². The molecule has 5 heteroatoms. The molecule has 1 aliphatic rings. The highest BCUT2D eigenvalue weighted by Gasteiger charge is 2.28. The van der Waals surface area contributed by atoms with E-state index < -0.39 is 0 Å². The van der Waals surface area contributed by atoms with Gasteiger partial charge in [-0.2, -0.15) is 0 Å². The molecule has 5 nitrogen and oxygen atoms in total. The number of hydrogen-bond acceptors (Lipinski definition) is 5. The number of para-hydroxylation sites is 1. The van der Waals surface area contributed by atoms with Crippen LogP contribution in [0.15, 0.2) is 164 Å². The maximum atomic E-state index is 5.09. The van der Waals surface area contributed by atoms with E-state index in [-0.39, 0.29) is 0 Å². The predicted molar refractivity (Wildman–Crippen MR) is 191 cm³/mol. The standard InChI is InChI=1S/C42H27N5/c1-4-13-28(14-5-1)32-24-35-34-21-10-11-22-39(34)47(42-40(35)38(25-32)43-27-44-42)33-20-12-19-31(23-33)41-45-36(29-15-6-2-7-16-29)26-37(46-41)30-17-8-3-9-18-30/h1-27H. The zero-order chi connectivity index (χ0) is 31.2. The fraction of sp³-hybridized carbons (Fsp3) is 0. The maximum absolute atomic E-state index is 5.09. The Kier molecular flexibility index (Phi) is 6.39. The van der Waals surface area contributed by atoms with Crippen molar-refractivity contribution in [3.8, 4) is 56.2 Å². The molecule has 0 spiro atoms. The smallest absolute Gasteiger partial charge is 0.160 e. The van der Waals surface area contributed by atoms with Crippen molar-refractivity contribution in [2.45, 2.75) is 0 Å². The summed E-state index contributed by atoms with van der Waals surface area (Å²) >= 11 is 0. The van der Waals surface area contributed by atoms with Gasteiger partial charge < -0.3 is 0 Å². The fourth-order valence-electron chi connectivity index (χ4n) is 6.50. The number of benzene rings is 6. The van der Waals surface area contributed by atoms with E-state index in [1.165, 1.54) is 0 Å². The van der Waals surface area contributed by atoms with Crippen LogP contribution in [0.1, 0.15) is 0 Å². The zero-order valence-electron chi connectivity index (χ0n) is 25.3. The molecule has 6 aromatic carbocycles. The summed E-state index contributed by atoms with van der Waals surface area (Å²) in [5.41, 5.74) is 12.3. The van der Waals surface area contributed by atoms with Gasteiger partial charge in [-0.3, -0.25) is 4.90 Å². The lowest BCUT2D eigenvalue weighted by molar-refractivity contribution is 1.14. The van der Waals surface area contributed by atoms with Gasteiger partial charge >= 0.3 is 0 Å². The third-order valence-corrected chi connectivity index (χ3v) is 8.70. The number of anilines is 3. The third kappa shape index (κ3) is 4.73. The van der Waals surface area contributed by atoms with Crippen molar-refractivity contribution in [3.63, 3.8) is 0 Å². The third-order valence-electron chi connectivity index (χ3n) is 8.70. The molecule has 0 saturated heterocycles. The molecule has 0 saturated carbocycles. The molecule has 2 aromatic heterocycles. The predicted octanol–water partition coefficient (Wildman–Crippen LogP) is 10.5. The van der Waals surface area contributed by atoms with Gasteiger partial charge in [-0.1, -0.05) is 121 Å². The molecule has 47 heavy (non-hydrogen) atoms. The van der Waals surface area contributed by atoms with E-state index in [0.717, 1.165) is 78.4 Å². The summed E-state index contributed by atoms with van der Waals surface area (Å²) in [5, 5.41) is 1.03. The molecule has 0 radical (unpaired) electrons. The molecular weight excluding hydrogens is 574 g/mol. The Morgan fingerprint density at radius 2 is 1.04 bits per heavy atom. The van der Waals surface area contributed by atoms with Crippen molar-refractivity contribution >= 4 is 28.1 Å². The Balaban J connectivity index is 1.22. The van der Waals surface area contributed by atoms with E-state index in [1.54, 1.807) is 6.33 Å². The Labute approximate surface area is 272 Å². The highest BCUT2D eigenvalue weighted by molar-refractivity contribution is 6.12. The van der Waals surface area contributed by atoms with Gasteiger partial charge in [-0.25, -0.2) is 19.9 Å². The van der Waals surface area contributed by atoms with Gasteiger partial charge in [-0.15, -0.1) is 0 Å². The fourth-order valence-corrected chi connectivity index (χ4v) is 6.50. The van der Waals surface area contributed by atoms with E-state index in [2.05, 4.69) is 120 Å². The molecule has 1 aliphatic heterocycles. The van der Waals surface area contributed by atoms with Gasteiger partial charge in [0.25, 0.3) is 0 Å². The summed E-state index contributed by atoms with van der Waals surface area (Å²) in [6.07, 6.45) is 1.67. The first kappa shape index (κ1) is 26.9. The molecule has 0 amide bonds. The second-order valence-corrected chi connectivity index (χ2v) is 11.6. The van der Waals surface area contributed by atoms with Gasteiger partial charge in [0.15, 0.2) is 5.82 Å². The first-order chi connectivity index (χ1) is 23.3. The largest absolute Gasteiger partial charge is 0.294 e. The first-order valence-corrected chi connectivity index (χ1v) is 15.6. The minimum atomic E-state index is 0.665. The minimum Gasteiger partial charge on any atom is -0.294 e. The summed E-state index contributed by atoms with van der Waals surface area (Å²) in [7, 11) is 0. The second-order valence-electron chi connectivity index (χ2n) is 11.6. The van der Waals surface area contributed by atoms with E-state index in [4.69, 9.17) is 19.9 Å². The molecule has 220 valence electrons. The van der Waals surface area contributed by atoms with E-state index in [0.29, 0.717) is 5.82 Å². The number of nitrogens with zero attached hydrogens (tertiary/aromatic N) is 5. The van der Waals surface area contributed by atoms with Crippen LogP contribution in [0, 0.1) is 0 Å². The van der Waals surface area contributed by atoms with Crippen LogP contribution < -0.4 is 4.90 Å². The van der Waals surface area contributed by atoms with E-state index in [1.807, 2.05) is 42.5 Å². The summed E-state index contributed by atoms with van der Waals surface area (Å²) in [4.78, 5) is 22.1. The summed E-state index contributed by atoms with van der Waals surface area (Å²) in [6, 6.07) is 54.5. The monoisotopic (exact) mass is 601 g/mol. The Bertz CT molecular complexity index is 2350. The second kappa shape index (κ2) is 11.2. The summed E-state index contributed by atoms with van der Waals surface area (Å²) in [6.45, 7) is 0.